The van der Waals surface area contributed by atoms with Crippen LogP contribution in [0.15, 0.2) is 96.8 Å². The van der Waals surface area contributed by atoms with Gasteiger partial charge in [0.25, 0.3) is 0 Å². The second-order valence-electron chi connectivity index (χ2n) is 19.7. The molecule has 0 radical (unpaired) electrons. The summed E-state index contributed by atoms with van der Waals surface area (Å²) >= 11 is 3.28. The molecular weight excluding hydrogens is 957 g/mol. The molecule has 14 nitrogen and oxygen atoms in total. The number of carbonyl (C=O) groups is 4. The summed E-state index contributed by atoms with van der Waals surface area (Å²) in [5.74, 6) is 3.49. The first-order valence-electron chi connectivity index (χ1n) is 25.7. The number of hydrogen-bond donors (Lipinski definition) is 4. The average Bonchev–Trinajstić information content (AvgIpc) is 4.28. The summed E-state index contributed by atoms with van der Waals surface area (Å²) in [6.07, 6.45) is 19.7. The molecule has 2 saturated heterocycles. The first kappa shape index (κ1) is 51.6. The van der Waals surface area contributed by atoms with Gasteiger partial charge < -0.3 is 39.9 Å². The third-order valence-electron chi connectivity index (χ3n) is 15.2. The minimum atomic E-state index is -0.654. The van der Waals surface area contributed by atoms with E-state index in [1.165, 1.54) is 53.2 Å². The van der Waals surface area contributed by atoms with Crippen LogP contribution in [0.2, 0.25) is 0 Å². The largest absolute Gasteiger partial charge is 0.453 e. The molecular formula is C57H68N8O6S2. The summed E-state index contributed by atoms with van der Waals surface area (Å²) in [4.78, 5) is 72.2. The summed E-state index contributed by atoms with van der Waals surface area (Å²) in [5.41, 5.74) is 13.0. The van der Waals surface area contributed by atoms with Gasteiger partial charge in [0.05, 0.1) is 50.1 Å². The smallest absolute Gasteiger partial charge is 0.407 e. The fourth-order valence-electron chi connectivity index (χ4n) is 11.1. The van der Waals surface area contributed by atoms with Crippen LogP contribution in [0.4, 0.5) is 9.59 Å². The Balaban J connectivity index is 0.871. The van der Waals surface area contributed by atoms with Crippen molar-refractivity contribution in [3.63, 3.8) is 0 Å². The molecule has 4 heterocycles. The maximum atomic E-state index is 13.8. The number of aromatic amines is 2. The van der Waals surface area contributed by atoms with Crippen LogP contribution in [0.1, 0.15) is 111 Å². The van der Waals surface area contributed by atoms with Gasteiger partial charge in [0.1, 0.15) is 23.7 Å². The van der Waals surface area contributed by atoms with Crippen LogP contribution in [-0.4, -0.2) is 117 Å². The van der Waals surface area contributed by atoms with Crippen molar-refractivity contribution in [2.45, 2.75) is 101 Å². The Morgan fingerprint density at radius 1 is 0.712 bits per heavy atom. The highest BCUT2D eigenvalue weighted by atomic mass is 32.2. The molecule has 2 fully saturated rings. The van der Waals surface area contributed by atoms with Gasteiger partial charge in [-0.2, -0.15) is 23.5 Å². The minimum Gasteiger partial charge on any atom is -0.453 e. The van der Waals surface area contributed by atoms with Gasteiger partial charge in [-0.15, -0.1) is 0 Å². The first-order chi connectivity index (χ1) is 35.5. The van der Waals surface area contributed by atoms with Crippen molar-refractivity contribution in [1.82, 2.24) is 40.4 Å². The predicted molar refractivity (Wildman–Crippen MR) is 291 cm³/mol. The van der Waals surface area contributed by atoms with Crippen molar-refractivity contribution in [2.75, 3.05) is 51.3 Å². The monoisotopic (exact) mass is 1020 g/mol. The quantitative estimate of drug-likeness (QED) is 0.0745. The fraction of sp³-hybridized carbons (Fsp3) is 0.439. The van der Waals surface area contributed by atoms with Crippen LogP contribution in [0, 0.1) is 5.92 Å². The number of aryl methyl sites for hydroxylation is 1. The van der Waals surface area contributed by atoms with E-state index in [1.807, 2.05) is 34.7 Å². The van der Waals surface area contributed by atoms with Gasteiger partial charge >= 0.3 is 12.2 Å². The molecule has 4 N–H and O–H groups in total. The molecule has 6 atom stereocenters. The van der Waals surface area contributed by atoms with Gasteiger partial charge in [-0.05, 0) is 145 Å². The van der Waals surface area contributed by atoms with Crippen molar-refractivity contribution in [3.8, 4) is 33.6 Å². The standard InChI is InChI=1S/C57H68N8O6S2/c1-35-30-43-13-11-36(31-44(43)38-14-19-40(20-15-38)48-33-58-52(60-48)50-8-6-26-64(50)54(66)46(24-28-72-4)62-56(68)70-2)10-12-37-18-23-42(35)32-45(37)39-16-21-41(22-17-39)49-34-59-53(61-49)51-9-7-27-65(51)55(67)47(25-29-73-5)63-57(69)71-3/h11,14-23,31-35,43,46-47,50-51H,6-10,12-13,24-30H2,1-5H3,(H,58,60)(H,59,61)(H,62,68)(H,63,69)/t35-,43?,46+,47+,50+,51+/m1/s1. The molecule has 0 saturated carbocycles. The first-order valence-corrected chi connectivity index (χ1v) is 28.5. The van der Waals surface area contributed by atoms with Crippen LogP contribution in [-0.2, 0) is 25.5 Å². The molecule has 73 heavy (non-hydrogen) atoms. The normalized spacial score (nSPS) is 20.4. The number of likely N-dealkylation sites (tertiary alicyclic amines) is 2. The van der Waals surface area contributed by atoms with Gasteiger partial charge in [-0.3, -0.25) is 9.59 Å². The van der Waals surface area contributed by atoms with Gasteiger partial charge in [0.15, 0.2) is 0 Å². The molecule has 4 amide bonds. The van der Waals surface area contributed by atoms with Crippen LogP contribution >= 0.6 is 23.5 Å². The molecule has 2 aliphatic heterocycles. The van der Waals surface area contributed by atoms with E-state index < -0.39 is 24.3 Å². The zero-order valence-electron chi connectivity index (χ0n) is 42.6. The highest BCUT2D eigenvalue weighted by Crippen LogP contribution is 2.43. The van der Waals surface area contributed by atoms with Crippen molar-refractivity contribution in [2.24, 2.45) is 5.92 Å². The van der Waals surface area contributed by atoms with E-state index in [0.29, 0.717) is 37.8 Å². The third-order valence-corrected chi connectivity index (χ3v) is 16.5. The molecule has 384 valence electrons. The molecule has 0 spiro atoms. The SMILES string of the molecule is COC(=O)N[C@@H](CCSC)C(=O)N1CCC[C@H]1c1ncc(-c2ccc(C3=CC4=CCC3C[C@@H](C)c3ccc(c(-c5ccc(-c6cnc([C@@H]7CCCN7C(=O)[C@H](CCSC)NC(=O)OC)[nH]6)cc5)c3)CC4)cc2)[nH]1. The Morgan fingerprint density at radius 2 is 1.23 bits per heavy atom. The highest BCUT2D eigenvalue weighted by molar-refractivity contribution is 7.98. The maximum absolute atomic E-state index is 13.8. The minimum absolute atomic E-state index is 0.105. The Bertz CT molecular complexity index is 2820. The number of alkyl carbamates (subject to hydrolysis) is 2. The number of imidazole rings is 2. The Kier molecular flexibility index (Phi) is 16.8. The van der Waals surface area contributed by atoms with Crippen LogP contribution in [0.3, 0.4) is 0 Å². The topological polar surface area (TPSA) is 175 Å². The number of nitrogens with zero attached hydrogens (tertiary/aromatic N) is 4. The second-order valence-corrected chi connectivity index (χ2v) is 21.7. The molecule has 7 aliphatic rings. The summed E-state index contributed by atoms with van der Waals surface area (Å²) in [6, 6.07) is 23.0. The lowest BCUT2D eigenvalue weighted by atomic mass is 9.76. The second kappa shape index (κ2) is 23.7. The number of methoxy groups -OCH3 is 2. The number of hydrogen-bond acceptors (Lipinski definition) is 10. The van der Waals surface area contributed by atoms with E-state index in [-0.39, 0.29) is 23.9 Å². The van der Waals surface area contributed by atoms with Gasteiger partial charge in [-0.1, -0.05) is 91.4 Å². The zero-order chi connectivity index (χ0) is 51.0. The van der Waals surface area contributed by atoms with Crippen LogP contribution in [0.5, 0.6) is 0 Å². The summed E-state index contributed by atoms with van der Waals surface area (Å²) in [7, 11) is 2.63. The van der Waals surface area contributed by atoms with Crippen molar-refractivity contribution in [1.29, 1.82) is 0 Å². The van der Waals surface area contributed by atoms with E-state index >= 15 is 0 Å². The number of allylic oxidation sites excluding steroid dienone is 4. The molecule has 16 heteroatoms. The Hall–Kier alpha value is -6.26. The van der Waals surface area contributed by atoms with Gasteiger partial charge in [-0.25, -0.2) is 19.6 Å². The summed E-state index contributed by atoms with van der Waals surface area (Å²) in [6.45, 7) is 3.58. The molecule has 2 aromatic heterocycles. The third kappa shape index (κ3) is 11.8. The average molecular weight is 1030 g/mol. The molecule has 5 aliphatic carbocycles. The number of benzene rings is 3. The zero-order valence-corrected chi connectivity index (χ0v) is 44.2. The van der Waals surface area contributed by atoms with E-state index in [1.54, 1.807) is 23.5 Å². The maximum Gasteiger partial charge on any atom is 0.407 e. The molecule has 1 unspecified atom stereocenters. The fourth-order valence-corrected chi connectivity index (χ4v) is 12.1. The van der Waals surface area contributed by atoms with Gasteiger partial charge in [0.2, 0.25) is 11.8 Å². The molecule has 3 aromatic carbocycles. The number of H-pyrrole nitrogens is 2. The van der Waals surface area contributed by atoms with E-state index in [9.17, 15) is 19.2 Å². The van der Waals surface area contributed by atoms with E-state index in [2.05, 4.69) is 106 Å². The van der Waals surface area contributed by atoms with Crippen molar-refractivity contribution in [3.05, 3.63) is 125 Å². The predicted octanol–water partition coefficient (Wildman–Crippen LogP) is 10.9. The summed E-state index contributed by atoms with van der Waals surface area (Å²) < 4.78 is 9.66. The number of nitrogens with one attached hydrogen (secondary N) is 4. The number of rotatable bonds is 16. The number of amides is 4. The van der Waals surface area contributed by atoms with Crippen LogP contribution < -0.4 is 10.6 Å². The van der Waals surface area contributed by atoms with E-state index in [4.69, 9.17) is 19.4 Å². The van der Waals surface area contributed by atoms with Gasteiger partial charge in [0, 0.05) is 13.1 Å². The van der Waals surface area contributed by atoms with E-state index in [0.717, 1.165) is 97.0 Å². The lowest BCUT2D eigenvalue weighted by molar-refractivity contribution is -0.135. The Labute approximate surface area is 437 Å². The lowest BCUT2D eigenvalue weighted by Gasteiger charge is -2.29. The lowest BCUT2D eigenvalue weighted by Crippen LogP contribution is -2.48. The van der Waals surface area contributed by atoms with Crippen molar-refractivity contribution < 1.29 is 28.7 Å². The highest BCUT2D eigenvalue weighted by Gasteiger charge is 2.38. The molecule has 4 bridgehead atoms. The number of ether oxygens (including phenoxy) is 2. The number of aromatic nitrogens is 4. The summed E-state index contributed by atoms with van der Waals surface area (Å²) in [5, 5.41) is 5.51. The molecule has 12 rings (SSSR count). The number of carbonyl (C=O) groups excluding carboxylic acids is 4. The number of thioether (sulfide) groups is 2. The Morgan fingerprint density at radius 3 is 1.75 bits per heavy atom. The van der Waals surface area contributed by atoms with Crippen LogP contribution in [0.25, 0.3) is 39.2 Å². The van der Waals surface area contributed by atoms with Crippen molar-refractivity contribution >= 4 is 53.1 Å². The molecule has 5 aromatic rings.